The average molecular weight is 260 g/mol. The quantitative estimate of drug-likeness (QED) is 0.864. The van der Waals surface area contributed by atoms with Crippen LogP contribution in [0.5, 0.6) is 0 Å². The Bertz CT molecular complexity index is 578. The molecule has 0 amide bonds. The van der Waals surface area contributed by atoms with Crippen LogP contribution in [-0.2, 0) is 6.54 Å². The Kier molecular flexibility index (Phi) is 3.97. The lowest BCUT2D eigenvalue weighted by Crippen LogP contribution is -2.20. The lowest BCUT2D eigenvalue weighted by atomic mass is 10.1. The van der Waals surface area contributed by atoms with Crippen molar-refractivity contribution < 1.29 is 14.3 Å². The van der Waals surface area contributed by atoms with Crippen LogP contribution in [0.1, 0.15) is 40.5 Å². The van der Waals surface area contributed by atoms with Gasteiger partial charge in [0.2, 0.25) is 5.89 Å². The summed E-state index contributed by atoms with van der Waals surface area (Å²) in [5.41, 5.74) is 1.05. The van der Waals surface area contributed by atoms with Crippen LogP contribution in [-0.4, -0.2) is 16.1 Å². The van der Waals surface area contributed by atoms with E-state index >= 15 is 0 Å². The molecule has 5 heteroatoms. The molecular weight excluding hydrogens is 244 g/mol. The van der Waals surface area contributed by atoms with Crippen LogP contribution in [0.4, 0.5) is 0 Å². The highest BCUT2D eigenvalue weighted by atomic mass is 16.4. The largest absolute Gasteiger partial charge is 0.478 e. The summed E-state index contributed by atoms with van der Waals surface area (Å²) >= 11 is 0. The maximum Gasteiger partial charge on any atom is 0.336 e. The number of nitrogens with zero attached hydrogens (tertiary/aromatic N) is 1. The zero-order valence-corrected chi connectivity index (χ0v) is 10.9. The van der Waals surface area contributed by atoms with E-state index < -0.39 is 5.97 Å². The van der Waals surface area contributed by atoms with Gasteiger partial charge in [-0.25, -0.2) is 9.78 Å². The Morgan fingerprint density at radius 2 is 2.21 bits per heavy atom. The SMILES string of the molecule is Cc1cnc(C(C)NCc2ccccc2C(=O)O)o1. The number of carbonyl (C=O) groups is 1. The van der Waals surface area contributed by atoms with Crippen molar-refractivity contribution in [2.24, 2.45) is 0 Å². The average Bonchev–Trinajstić information content (AvgIpc) is 2.83. The molecule has 1 aromatic heterocycles. The number of aromatic carboxylic acids is 1. The van der Waals surface area contributed by atoms with E-state index in [1.54, 1.807) is 24.4 Å². The monoisotopic (exact) mass is 260 g/mol. The van der Waals surface area contributed by atoms with E-state index in [2.05, 4.69) is 10.3 Å². The molecule has 0 aliphatic heterocycles. The predicted molar refractivity (Wildman–Crippen MR) is 69.9 cm³/mol. The van der Waals surface area contributed by atoms with E-state index in [1.807, 2.05) is 19.9 Å². The molecular formula is C14H16N2O3. The Hall–Kier alpha value is -2.14. The Balaban J connectivity index is 2.05. The van der Waals surface area contributed by atoms with Crippen molar-refractivity contribution in [1.29, 1.82) is 0 Å². The predicted octanol–water partition coefficient (Wildman–Crippen LogP) is 2.53. The first-order valence-corrected chi connectivity index (χ1v) is 6.05. The summed E-state index contributed by atoms with van der Waals surface area (Å²) in [6, 6.07) is 6.86. The van der Waals surface area contributed by atoms with Gasteiger partial charge < -0.3 is 14.8 Å². The topological polar surface area (TPSA) is 75.4 Å². The third-order valence-electron chi connectivity index (χ3n) is 2.86. The number of nitrogens with one attached hydrogen (secondary N) is 1. The number of aryl methyl sites for hydroxylation is 1. The first-order valence-electron chi connectivity index (χ1n) is 6.05. The fourth-order valence-electron chi connectivity index (χ4n) is 1.81. The highest BCUT2D eigenvalue weighted by Crippen LogP contribution is 2.14. The number of rotatable bonds is 5. The van der Waals surface area contributed by atoms with Gasteiger partial charge in [-0.05, 0) is 25.5 Å². The van der Waals surface area contributed by atoms with Gasteiger partial charge in [-0.3, -0.25) is 0 Å². The van der Waals surface area contributed by atoms with E-state index in [-0.39, 0.29) is 6.04 Å². The summed E-state index contributed by atoms with van der Waals surface area (Å²) in [7, 11) is 0. The Morgan fingerprint density at radius 3 is 2.84 bits per heavy atom. The zero-order chi connectivity index (χ0) is 13.8. The molecule has 5 nitrogen and oxygen atoms in total. The molecule has 0 spiro atoms. The Labute approximate surface area is 111 Å². The zero-order valence-electron chi connectivity index (χ0n) is 10.9. The standard InChI is InChI=1S/C14H16N2O3/c1-9-7-16-13(19-9)10(2)15-8-11-5-3-4-6-12(11)14(17)18/h3-7,10,15H,8H2,1-2H3,(H,17,18). The van der Waals surface area contributed by atoms with Crippen molar-refractivity contribution >= 4 is 5.97 Å². The van der Waals surface area contributed by atoms with E-state index in [1.165, 1.54) is 0 Å². The van der Waals surface area contributed by atoms with Gasteiger partial charge in [0.05, 0.1) is 17.8 Å². The van der Waals surface area contributed by atoms with Crippen LogP contribution >= 0.6 is 0 Å². The molecule has 0 saturated heterocycles. The molecule has 2 N–H and O–H groups in total. The van der Waals surface area contributed by atoms with Crippen molar-refractivity contribution in [1.82, 2.24) is 10.3 Å². The minimum Gasteiger partial charge on any atom is -0.478 e. The van der Waals surface area contributed by atoms with Crippen LogP contribution in [0.25, 0.3) is 0 Å². The fraction of sp³-hybridized carbons (Fsp3) is 0.286. The number of carboxylic acid groups (broad SMARTS) is 1. The highest BCUT2D eigenvalue weighted by molar-refractivity contribution is 5.89. The first kappa shape index (κ1) is 13.3. The second-order valence-corrected chi connectivity index (χ2v) is 4.37. The molecule has 1 aromatic carbocycles. The van der Waals surface area contributed by atoms with Gasteiger partial charge in [0.25, 0.3) is 0 Å². The van der Waals surface area contributed by atoms with Gasteiger partial charge in [0.15, 0.2) is 0 Å². The molecule has 0 bridgehead atoms. The third kappa shape index (κ3) is 3.20. The lowest BCUT2D eigenvalue weighted by molar-refractivity contribution is 0.0695. The van der Waals surface area contributed by atoms with Crippen molar-refractivity contribution in [3.8, 4) is 0 Å². The lowest BCUT2D eigenvalue weighted by Gasteiger charge is -2.11. The maximum atomic E-state index is 11.1. The summed E-state index contributed by atoms with van der Waals surface area (Å²) < 4.78 is 5.42. The van der Waals surface area contributed by atoms with Crippen LogP contribution in [0.3, 0.4) is 0 Å². The minimum atomic E-state index is -0.919. The normalized spacial score (nSPS) is 12.3. The van der Waals surface area contributed by atoms with E-state index in [0.29, 0.717) is 18.0 Å². The molecule has 19 heavy (non-hydrogen) atoms. The molecule has 1 heterocycles. The number of hydrogen-bond donors (Lipinski definition) is 2. The molecule has 1 unspecified atom stereocenters. The van der Waals surface area contributed by atoms with Crippen molar-refractivity contribution in [3.05, 3.63) is 53.2 Å². The number of benzene rings is 1. The van der Waals surface area contributed by atoms with Crippen molar-refractivity contribution in [2.75, 3.05) is 0 Å². The molecule has 0 saturated carbocycles. The number of carboxylic acids is 1. The van der Waals surface area contributed by atoms with Crippen LogP contribution in [0, 0.1) is 6.92 Å². The second-order valence-electron chi connectivity index (χ2n) is 4.37. The summed E-state index contributed by atoms with van der Waals surface area (Å²) in [4.78, 5) is 15.2. The summed E-state index contributed by atoms with van der Waals surface area (Å²) in [6.45, 7) is 4.21. The molecule has 100 valence electrons. The summed E-state index contributed by atoms with van der Waals surface area (Å²) in [5.74, 6) is 0.442. The van der Waals surface area contributed by atoms with Gasteiger partial charge in [-0.1, -0.05) is 18.2 Å². The maximum absolute atomic E-state index is 11.1. The summed E-state index contributed by atoms with van der Waals surface area (Å²) in [5, 5.41) is 12.3. The smallest absolute Gasteiger partial charge is 0.336 e. The van der Waals surface area contributed by atoms with Crippen LogP contribution in [0.15, 0.2) is 34.9 Å². The van der Waals surface area contributed by atoms with Gasteiger partial charge in [-0.15, -0.1) is 0 Å². The molecule has 2 rings (SSSR count). The molecule has 0 fully saturated rings. The third-order valence-corrected chi connectivity index (χ3v) is 2.86. The summed E-state index contributed by atoms with van der Waals surface area (Å²) in [6.07, 6.45) is 1.67. The molecule has 0 radical (unpaired) electrons. The molecule has 0 aliphatic carbocycles. The molecule has 2 aromatic rings. The Morgan fingerprint density at radius 1 is 1.47 bits per heavy atom. The van der Waals surface area contributed by atoms with Gasteiger partial charge >= 0.3 is 5.97 Å². The van der Waals surface area contributed by atoms with Gasteiger partial charge in [0.1, 0.15) is 5.76 Å². The fourth-order valence-corrected chi connectivity index (χ4v) is 1.81. The highest BCUT2D eigenvalue weighted by Gasteiger charge is 2.13. The van der Waals surface area contributed by atoms with E-state index in [0.717, 1.165) is 11.3 Å². The minimum absolute atomic E-state index is 0.0736. The number of aromatic nitrogens is 1. The first-order chi connectivity index (χ1) is 9.08. The van der Waals surface area contributed by atoms with Crippen LogP contribution < -0.4 is 5.32 Å². The van der Waals surface area contributed by atoms with Gasteiger partial charge in [0, 0.05) is 6.54 Å². The molecule has 0 aliphatic rings. The number of hydrogen-bond acceptors (Lipinski definition) is 4. The number of oxazole rings is 1. The van der Waals surface area contributed by atoms with Crippen LogP contribution in [0.2, 0.25) is 0 Å². The van der Waals surface area contributed by atoms with Crippen molar-refractivity contribution in [2.45, 2.75) is 26.4 Å². The van der Waals surface area contributed by atoms with E-state index in [9.17, 15) is 4.79 Å². The van der Waals surface area contributed by atoms with E-state index in [4.69, 9.17) is 9.52 Å². The van der Waals surface area contributed by atoms with Crippen molar-refractivity contribution in [3.63, 3.8) is 0 Å². The molecule has 1 atom stereocenters. The second kappa shape index (κ2) is 5.67. The van der Waals surface area contributed by atoms with Gasteiger partial charge in [-0.2, -0.15) is 0 Å².